The third kappa shape index (κ3) is 3.40. The Morgan fingerprint density at radius 1 is 1.15 bits per heavy atom. The van der Waals surface area contributed by atoms with Gasteiger partial charge in [-0.2, -0.15) is 0 Å². The topological polar surface area (TPSA) is 26.7 Å². The molecule has 1 aliphatic rings. The predicted octanol–water partition coefficient (Wildman–Crippen LogP) is 2.48. The van der Waals surface area contributed by atoms with Crippen molar-refractivity contribution < 1.29 is 5.11 Å². The van der Waals surface area contributed by atoms with Crippen LogP contribution in [0.3, 0.4) is 0 Å². The molecule has 1 aromatic rings. The van der Waals surface area contributed by atoms with Crippen molar-refractivity contribution in [1.82, 2.24) is 9.80 Å². The Bertz CT molecular complexity index is 416. The molecule has 2 atom stereocenters. The van der Waals surface area contributed by atoms with Crippen molar-refractivity contribution in [3.05, 3.63) is 35.4 Å². The minimum Gasteiger partial charge on any atom is -0.394 e. The summed E-state index contributed by atoms with van der Waals surface area (Å²) in [6.45, 7) is 10.0. The minimum absolute atomic E-state index is 0.125. The van der Waals surface area contributed by atoms with Crippen LogP contribution >= 0.6 is 0 Å². The minimum atomic E-state index is 0.125. The van der Waals surface area contributed by atoms with Gasteiger partial charge in [0.05, 0.1) is 12.6 Å². The first-order valence-electron chi connectivity index (χ1n) is 7.68. The maximum absolute atomic E-state index is 9.84. The summed E-state index contributed by atoms with van der Waals surface area (Å²) in [7, 11) is 2.17. The van der Waals surface area contributed by atoms with E-state index in [9.17, 15) is 5.11 Å². The zero-order chi connectivity index (χ0) is 14.7. The lowest BCUT2D eigenvalue weighted by Gasteiger charge is -2.42. The molecule has 1 saturated heterocycles. The Morgan fingerprint density at radius 3 is 2.25 bits per heavy atom. The Hall–Kier alpha value is -0.900. The van der Waals surface area contributed by atoms with E-state index in [1.54, 1.807) is 0 Å². The second-order valence-electron chi connectivity index (χ2n) is 6.37. The Morgan fingerprint density at radius 2 is 1.75 bits per heavy atom. The van der Waals surface area contributed by atoms with Gasteiger partial charge in [-0.05, 0) is 31.0 Å². The van der Waals surface area contributed by atoms with Gasteiger partial charge in [0.15, 0.2) is 0 Å². The lowest BCUT2D eigenvalue weighted by Crippen LogP contribution is -2.52. The molecule has 1 fully saturated rings. The number of hydrogen-bond acceptors (Lipinski definition) is 3. The lowest BCUT2D eigenvalue weighted by molar-refractivity contribution is 0.0341. The molecule has 1 aliphatic heterocycles. The van der Waals surface area contributed by atoms with Gasteiger partial charge in [0.25, 0.3) is 0 Å². The summed E-state index contributed by atoms with van der Waals surface area (Å²) in [5, 5.41) is 9.84. The van der Waals surface area contributed by atoms with Crippen molar-refractivity contribution in [3.8, 4) is 0 Å². The fraction of sp³-hybridized carbons (Fsp3) is 0.647. The summed E-state index contributed by atoms with van der Waals surface area (Å²) in [5.41, 5.74) is 2.59. The number of likely N-dealkylation sites (N-methyl/N-ethyl adjacent to an activating group) is 1. The van der Waals surface area contributed by atoms with Crippen LogP contribution in [0.15, 0.2) is 24.3 Å². The molecule has 3 heteroatoms. The van der Waals surface area contributed by atoms with Crippen LogP contribution in [0, 0.1) is 0 Å². The van der Waals surface area contributed by atoms with E-state index in [4.69, 9.17) is 0 Å². The molecular weight excluding hydrogens is 248 g/mol. The molecule has 0 amide bonds. The van der Waals surface area contributed by atoms with Gasteiger partial charge in [0.1, 0.15) is 0 Å². The Balaban J connectivity index is 2.15. The van der Waals surface area contributed by atoms with Crippen molar-refractivity contribution in [1.29, 1.82) is 0 Å². The van der Waals surface area contributed by atoms with Gasteiger partial charge in [-0.3, -0.25) is 4.90 Å². The SMILES string of the molecule is CC(C)c1ccc(C(CO)N2CCN(C)CC2C)cc1. The first kappa shape index (κ1) is 15.5. The third-order valence-corrected chi connectivity index (χ3v) is 4.44. The van der Waals surface area contributed by atoms with E-state index in [2.05, 4.69) is 61.9 Å². The molecule has 0 spiro atoms. The van der Waals surface area contributed by atoms with Gasteiger partial charge >= 0.3 is 0 Å². The van der Waals surface area contributed by atoms with E-state index in [1.165, 1.54) is 11.1 Å². The molecule has 1 aromatic carbocycles. The van der Waals surface area contributed by atoms with E-state index < -0.39 is 0 Å². The maximum Gasteiger partial charge on any atom is 0.0628 e. The summed E-state index contributed by atoms with van der Waals surface area (Å²) >= 11 is 0. The van der Waals surface area contributed by atoms with Crippen molar-refractivity contribution in [2.45, 2.75) is 38.8 Å². The number of piperazine rings is 1. The summed E-state index contributed by atoms with van der Waals surface area (Å²) in [4.78, 5) is 4.79. The molecule has 112 valence electrons. The highest BCUT2D eigenvalue weighted by Crippen LogP contribution is 2.26. The third-order valence-electron chi connectivity index (χ3n) is 4.44. The zero-order valence-corrected chi connectivity index (χ0v) is 13.2. The van der Waals surface area contributed by atoms with Gasteiger partial charge in [-0.1, -0.05) is 38.1 Å². The molecule has 3 nitrogen and oxygen atoms in total. The van der Waals surface area contributed by atoms with E-state index in [0.29, 0.717) is 12.0 Å². The van der Waals surface area contributed by atoms with E-state index in [-0.39, 0.29) is 12.6 Å². The van der Waals surface area contributed by atoms with Crippen LogP contribution in [-0.4, -0.2) is 54.2 Å². The summed E-state index contributed by atoms with van der Waals surface area (Å²) in [6, 6.07) is 9.37. The standard InChI is InChI=1S/C17H28N2O/c1-13(2)15-5-7-16(8-6-15)17(12-20)19-10-9-18(4)11-14(19)3/h5-8,13-14,17,20H,9-12H2,1-4H3. The van der Waals surface area contributed by atoms with Gasteiger partial charge < -0.3 is 10.0 Å². The normalized spacial score (nSPS) is 23.2. The number of rotatable bonds is 4. The largest absolute Gasteiger partial charge is 0.394 e. The highest BCUT2D eigenvalue weighted by Gasteiger charge is 2.28. The number of aliphatic hydroxyl groups excluding tert-OH is 1. The van der Waals surface area contributed by atoms with E-state index >= 15 is 0 Å². The molecule has 20 heavy (non-hydrogen) atoms. The molecule has 2 unspecified atom stereocenters. The van der Waals surface area contributed by atoms with Gasteiger partial charge in [0.2, 0.25) is 0 Å². The zero-order valence-electron chi connectivity index (χ0n) is 13.2. The van der Waals surface area contributed by atoms with Gasteiger partial charge in [0, 0.05) is 25.7 Å². The smallest absolute Gasteiger partial charge is 0.0628 e. The average Bonchev–Trinajstić information content (AvgIpc) is 2.42. The predicted molar refractivity (Wildman–Crippen MR) is 84.0 cm³/mol. The number of aliphatic hydroxyl groups is 1. The molecular formula is C17H28N2O. The van der Waals surface area contributed by atoms with Crippen molar-refractivity contribution in [2.75, 3.05) is 33.3 Å². The lowest BCUT2D eigenvalue weighted by atomic mass is 9.97. The molecule has 0 bridgehead atoms. The van der Waals surface area contributed by atoms with Crippen molar-refractivity contribution in [3.63, 3.8) is 0 Å². The average molecular weight is 276 g/mol. The van der Waals surface area contributed by atoms with Crippen LogP contribution in [0.2, 0.25) is 0 Å². The second-order valence-corrected chi connectivity index (χ2v) is 6.37. The fourth-order valence-corrected chi connectivity index (χ4v) is 3.12. The number of nitrogens with zero attached hydrogens (tertiary/aromatic N) is 2. The van der Waals surface area contributed by atoms with Gasteiger partial charge in [-0.15, -0.1) is 0 Å². The van der Waals surface area contributed by atoms with Crippen LogP contribution in [0.1, 0.15) is 43.9 Å². The van der Waals surface area contributed by atoms with Crippen LogP contribution in [0.4, 0.5) is 0 Å². The summed E-state index contributed by atoms with van der Waals surface area (Å²) in [5.74, 6) is 0.555. The highest BCUT2D eigenvalue weighted by molar-refractivity contribution is 5.27. The van der Waals surface area contributed by atoms with E-state index in [1.807, 2.05) is 0 Å². The first-order chi connectivity index (χ1) is 9.52. The molecule has 0 radical (unpaired) electrons. The van der Waals surface area contributed by atoms with Crippen LogP contribution in [0.5, 0.6) is 0 Å². The highest BCUT2D eigenvalue weighted by atomic mass is 16.3. The monoisotopic (exact) mass is 276 g/mol. The molecule has 0 aliphatic carbocycles. The molecule has 1 heterocycles. The second kappa shape index (κ2) is 6.70. The van der Waals surface area contributed by atoms with Crippen LogP contribution < -0.4 is 0 Å². The molecule has 0 aromatic heterocycles. The van der Waals surface area contributed by atoms with Crippen molar-refractivity contribution >= 4 is 0 Å². The summed E-state index contributed by atoms with van der Waals surface area (Å²) in [6.07, 6.45) is 0. The first-order valence-corrected chi connectivity index (χ1v) is 7.68. The Kier molecular flexibility index (Phi) is 5.19. The maximum atomic E-state index is 9.84. The van der Waals surface area contributed by atoms with E-state index in [0.717, 1.165) is 19.6 Å². The van der Waals surface area contributed by atoms with Crippen LogP contribution in [-0.2, 0) is 0 Å². The van der Waals surface area contributed by atoms with Crippen molar-refractivity contribution in [2.24, 2.45) is 0 Å². The van der Waals surface area contributed by atoms with Crippen LogP contribution in [0.25, 0.3) is 0 Å². The number of hydrogen-bond donors (Lipinski definition) is 1. The molecule has 1 N–H and O–H groups in total. The Labute approximate surface area is 123 Å². The fourth-order valence-electron chi connectivity index (χ4n) is 3.12. The quantitative estimate of drug-likeness (QED) is 0.915. The summed E-state index contributed by atoms with van der Waals surface area (Å²) < 4.78 is 0. The van der Waals surface area contributed by atoms with Gasteiger partial charge in [-0.25, -0.2) is 0 Å². The molecule has 2 rings (SSSR count). The number of benzene rings is 1. The molecule has 0 saturated carbocycles.